The molecule has 25 heavy (non-hydrogen) atoms. The van der Waals surface area contributed by atoms with Crippen LogP contribution in [0, 0.1) is 6.92 Å². The first-order chi connectivity index (χ1) is 12.3. The van der Waals surface area contributed by atoms with E-state index in [9.17, 15) is 0 Å². The van der Waals surface area contributed by atoms with E-state index in [-0.39, 0.29) is 6.79 Å². The van der Waals surface area contributed by atoms with E-state index in [2.05, 4.69) is 39.5 Å². The van der Waals surface area contributed by atoms with Crippen molar-refractivity contribution in [2.24, 2.45) is 0 Å². The van der Waals surface area contributed by atoms with E-state index < -0.39 is 0 Å². The van der Waals surface area contributed by atoms with Gasteiger partial charge in [-0.3, -0.25) is 4.40 Å². The summed E-state index contributed by atoms with van der Waals surface area (Å²) in [6, 6.07) is 14.1. The maximum atomic E-state index is 5.49. The summed E-state index contributed by atoms with van der Waals surface area (Å²) in [4.78, 5) is 4.84. The van der Waals surface area contributed by atoms with Crippen LogP contribution in [0.3, 0.4) is 0 Å². The third-order valence-electron chi connectivity index (χ3n) is 4.27. The molecule has 3 aromatic heterocycles. The SMILES string of the molecule is Cc1cccc2nc(-c3ccsc3)c(Nc3ccc4c(c3)OCO4)n12. The molecular formula is C19H15N3O2S. The zero-order chi connectivity index (χ0) is 16.8. The predicted octanol–water partition coefficient (Wildman–Crippen LogP) is 4.84. The molecule has 124 valence electrons. The first-order valence-electron chi connectivity index (χ1n) is 7.97. The summed E-state index contributed by atoms with van der Waals surface area (Å²) in [5, 5.41) is 7.70. The van der Waals surface area contributed by atoms with E-state index in [4.69, 9.17) is 14.5 Å². The summed E-state index contributed by atoms with van der Waals surface area (Å²) >= 11 is 1.67. The largest absolute Gasteiger partial charge is 0.454 e. The van der Waals surface area contributed by atoms with Crippen molar-refractivity contribution >= 4 is 28.5 Å². The maximum Gasteiger partial charge on any atom is 0.231 e. The van der Waals surface area contributed by atoms with Crippen LogP contribution in [0.15, 0.2) is 53.2 Å². The number of aromatic nitrogens is 2. The van der Waals surface area contributed by atoms with Crippen LogP contribution < -0.4 is 14.8 Å². The number of rotatable bonds is 3. The van der Waals surface area contributed by atoms with E-state index in [0.29, 0.717) is 0 Å². The lowest BCUT2D eigenvalue weighted by Gasteiger charge is -2.10. The van der Waals surface area contributed by atoms with Crippen LogP contribution in [0.5, 0.6) is 11.5 Å². The van der Waals surface area contributed by atoms with Crippen LogP contribution in [-0.2, 0) is 0 Å². The van der Waals surface area contributed by atoms with Gasteiger partial charge in [-0.2, -0.15) is 11.3 Å². The number of pyridine rings is 1. The van der Waals surface area contributed by atoms with Gasteiger partial charge < -0.3 is 14.8 Å². The van der Waals surface area contributed by atoms with E-state index in [1.807, 2.05) is 30.3 Å². The summed E-state index contributed by atoms with van der Waals surface area (Å²) in [5.41, 5.74) is 5.02. The summed E-state index contributed by atoms with van der Waals surface area (Å²) < 4.78 is 13.0. The lowest BCUT2D eigenvalue weighted by atomic mass is 10.2. The molecule has 0 atom stereocenters. The van der Waals surface area contributed by atoms with Crippen molar-refractivity contribution in [1.82, 2.24) is 9.38 Å². The van der Waals surface area contributed by atoms with Gasteiger partial charge in [-0.25, -0.2) is 4.98 Å². The average Bonchev–Trinajstić information content (AvgIpc) is 3.34. The van der Waals surface area contributed by atoms with Crippen LogP contribution in [0.2, 0.25) is 0 Å². The quantitative estimate of drug-likeness (QED) is 0.575. The molecule has 0 aliphatic carbocycles. The van der Waals surface area contributed by atoms with Crippen molar-refractivity contribution < 1.29 is 9.47 Å². The molecule has 0 saturated heterocycles. The fourth-order valence-corrected chi connectivity index (χ4v) is 3.72. The normalized spacial score (nSPS) is 12.7. The van der Waals surface area contributed by atoms with Gasteiger partial charge in [-0.15, -0.1) is 0 Å². The number of hydrogen-bond donors (Lipinski definition) is 1. The van der Waals surface area contributed by atoms with Crippen molar-refractivity contribution in [2.45, 2.75) is 6.92 Å². The highest BCUT2D eigenvalue weighted by molar-refractivity contribution is 7.08. The van der Waals surface area contributed by atoms with Crippen molar-refractivity contribution in [3.8, 4) is 22.8 Å². The third kappa shape index (κ3) is 2.34. The van der Waals surface area contributed by atoms with Crippen LogP contribution in [0.1, 0.15) is 5.69 Å². The molecular weight excluding hydrogens is 334 g/mol. The fraction of sp³-hybridized carbons (Fsp3) is 0.105. The van der Waals surface area contributed by atoms with Gasteiger partial charge in [0.15, 0.2) is 11.5 Å². The van der Waals surface area contributed by atoms with Gasteiger partial charge in [-0.1, -0.05) is 6.07 Å². The van der Waals surface area contributed by atoms with Crippen molar-refractivity contribution in [1.29, 1.82) is 0 Å². The molecule has 5 rings (SSSR count). The molecule has 4 aromatic rings. The molecule has 0 unspecified atom stereocenters. The summed E-state index contributed by atoms with van der Waals surface area (Å²) in [6.07, 6.45) is 0. The minimum Gasteiger partial charge on any atom is -0.454 e. The number of aryl methyl sites for hydroxylation is 1. The standard InChI is InChI=1S/C19H15N3O2S/c1-12-3-2-4-17-21-18(13-7-8-25-10-13)19(22(12)17)20-14-5-6-15-16(9-14)24-11-23-15/h2-10,20H,11H2,1H3. The number of nitrogens with one attached hydrogen (secondary N) is 1. The number of imidazole rings is 1. The first kappa shape index (κ1) is 14.4. The molecule has 0 radical (unpaired) electrons. The number of benzene rings is 1. The molecule has 1 aliphatic rings. The smallest absolute Gasteiger partial charge is 0.231 e. The second-order valence-electron chi connectivity index (χ2n) is 5.87. The number of fused-ring (bicyclic) bond motifs is 2. The molecule has 6 heteroatoms. The minimum atomic E-state index is 0.271. The molecule has 0 bridgehead atoms. The lowest BCUT2D eigenvalue weighted by Crippen LogP contribution is -1.99. The summed E-state index contributed by atoms with van der Waals surface area (Å²) in [7, 11) is 0. The second-order valence-corrected chi connectivity index (χ2v) is 6.65. The van der Waals surface area contributed by atoms with Gasteiger partial charge in [0.05, 0.1) is 0 Å². The van der Waals surface area contributed by atoms with Crippen LogP contribution in [0.4, 0.5) is 11.5 Å². The van der Waals surface area contributed by atoms with Crippen LogP contribution in [0.25, 0.3) is 16.9 Å². The Kier molecular flexibility index (Phi) is 3.18. The Morgan fingerprint density at radius 2 is 2.04 bits per heavy atom. The Hall–Kier alpha value is -2.99. The van der Waals surface area contributed by atoms with E-state index >= 15 is 0 Å². The lowest BCUT2D eigenvalue weighted by molar-refractivity contribution is 0.174. The van der Waals surface area contributed by atoms with Crippen molar-refractivity contribution in [2.75, 3.05) is 12.1 Å². The average molecular weight is 349 g/mol. The van der Waals surface area contributed by atoms with E-state index in [1.165, 1.54) is 0 Å². The second kappa shape index (κ2) is 5.53. The molecule has 1 N–H and O–H groups in total. The minimum absolute atomic E-state index is 0.271. The third-order valence-corrected chi connectivity index (χ3v) is 4.95. The van der Waals surface area contributed by atoms with Crippen molar-refractivity contribution in [3.63, 3.8) is 0 Å². The maximum absolute atomic E-state index is 5.49. The van der Waals surface area contributed by atoms with E-state index in [0.717, 1.165) is 45.6 Å². The molecule has 0 amide bonds. The zero-order valence-corrected chi connectivity index (χ0v) is 14.3. The summed E-state index contributed by atoms with van der Waals surface area (Å²) in [5.74, 6) is 2.48. The monoisotopic (exact) mass is 349 g/mol. The molecule has 1 aliphatic heterocycles. The number of ether oxygens (including phenoxy) is 2. The molecule has 4 heterocycles. The van der Waals surface area contributed by atoms with Gasteiger partial charge in [0, 0.05) is 28.4 Å². The number of hydrogen-bond acceptors (Lipinski definition) is 5. The Balaban J connectivity index is 1.67. The van der Waals surface area contributed by atoms with Gasteiger partial charge in [-0.05, 0) is 42.6 Å². The van der Waals surface area contributed by atoms with Gasteiger partial charge in [0.2, 0.25) is 6.79 Å². The molecule has 0 saturated carbocycles. The van der Waals surface area contributed by atoms with E-state index in [1.54, 1.807) is 11.3 Å². The predicted molar refractivity (Wildman–Crippen MR) is 99.1 cm³/mol. The first-order valence-corrected chi connectivity index (χ1v) is 8.91. The summed E-state index contributed by atoms with van der Waals surface area (Å²) in [6.45, 7) is 2.35. The zero-order valence-electron chi connectivity index (χ0n) is 13.5. The van der Waals surface area contributed by atoms with Crippen LogP contribution in [-0.4, -0.2) is 16.2 Å². The number of nitrogens with zero attached hydrogens (tertiary/aromatic N) is 2. The van der Waals surface area contributed by atoms with Crippen molar-refractivity contribution in [3.05, 3.63) is 58.9 Å². The fourth-order valence-electron chi connectivity index (χ4n) is 3.08. The van der Waals surface area contributed by atoms with Gasteiger partial charge in [0.1, 0.15) is 17.2 Å². The highest BCUT2D eigenvalue weighted by Crippen LogP contribution is 2.37. The Labute approximate surface area is 148 Å². The molecule has 5 nitrogen and oxygen atoms in total. The highest BCUT2D eigenvalue weighted by Gasteiger charge is 2.18. The molecule has 0 spiro atoms. The van der Waals surface area contributed by atoms with Crippen LogP contribution >= 0.6 is 11.3 Å². The highest BCUT2D eigenvalue weighted by atomic mass is 32.1. The Bertz CT molecular complexity index is 1070. The Morgan fingerprint density at radius 3 is 2.92 bits per heavy atom. The topological polar surface area (TPSA) is 47.8 Å². The number of thiophene rings is 1. The van der Waals surface area contributed by atoms with Gasteiger partial charge >= 0.3 is 0 Å². The Morgan fingerprint density at radius 1 is 1.12 bits per heavy atom. The molecule has 0 fully saturated rings. The number of anilines is 2. The van der Waals surface area contributed by atoms with Gasteiger partial charge in [0.25, 0.3) is 0 Å². The molecule has 1 aromatic carbocycles.